The maximum atomic E-state index is 12.9. The summed E-state index contributed by atoms with van der Waals surface area (Å²) in [7, 11) is -1.41. The lowest BCUT2D eigenvalue weighted by atomic mass is 9.95. The molecule has 0 radical (unpaired) electrons. The maximum Gasteiger partial charge on any atom is 0.334 e. The van der Waals surface area contributed by atoms with Crippen LogP contribution in [0.2, 0.25) is 5.04 Å². The van der Waals surface area contributed by atoms with E-state index in [1.807, 2.05) is 73.7 Å². The second-order valence-electron chi connectivity index (χ2n) is 10.3. The number of hydrogen-bond donors (Lipinski definition) is 0. The van der Waals surface area contributed by atoms with Gasteiger partial charge in [0.05, 0.1) is 24.5 Å². The normalized spacial score (nSPS) is 14.0. The van der Waals surface area contributed by atoms with Gasteiger partial charge in [0.25, 0.3) is 0 Å². The molecule has 0 aromatic heterocycles. The average Bonchev–Trinajstić information content (AvgIpc) is 2.92. The van der Waals surface area contributed by atoms with E-state index in [1.165, 1.54) is 6.08 Å². The minimum absolute atomic E-state index is 0.107. The van der Waals surface area contributed by atoms with E-state index in [1.54, 1.807) is 14.0 Å². The molecule has 202 valence electrons. The molecule has 2 atom stereocenters. The topological polar surface area (TPSA) is 54.0 Å². The van der Waals surface area contributed by atoms with Crippen LogP contribution >= 0.6 is 0 Å². The maximum absolute atomic E-state index is 12.9. The van der Waals surface area contributed by atoms with Gasteiger partial charge in [0.2, 0.25) is 0 Å². The molecule has 3 aromatic rings. The Hall–Kier alpha value is -3.19. The van der Waals surface area contributed by atoms with Crippen molar-refractivity contribution >= 4 is 24.7 Å². The van der Waals surface area contributed by atoms with Gasteiger partial charge in [0.15, 0.2) is 0 Å². The highest BCUT2D eigenvalue weighted by Gasteiger charge is 2.53. The summed E-state index contributed by atoms with van der Waals surface area (Å²) in [6.45, 7) is 10.8. The fraction of sp³-hybridized carbons (Fsp3) is 0.344. The third kappa shape index (κ3) is 6.81. The van der Waals surface area contributed by atoms with Crippen LogP contribution in [0.15, 0.2) is 103 Å². The van der Waals surface area contributed by atoms with E-state index in [0.29, 0.717) is 5.76 Å². The average molecular weight is 533 g/mol. The molecule has 3 aromatic carbocycles. The molecule has 0 unspecified atom stereocenters. The Bertz CT molecular complexity index is 1120. The summed E-state index contributed by atoms with van der Waals surface area (Å²) in [5, 5.41) is 1.96. The Kier molecular flexibility index (Phi) is 10.5. The minimum Gasteiger partial charge on any atom is -0.537 e. The first-order valence-electron chi connectivity index (χ1n) is 13.1. The van der Waals surface area contributed by atoms with Gasteiger partial charge in [-0.1, -0.05) is 119 Å². The second-order valence-corrected chi connectivity index (χ2v) is 14.5. The molecule has 0 fully saturated rings. The Morgan fingerprint density at radius 2 is 1.37 bits per heavy atom. The highest BCUT2D eigenvalue weighted by molar-refractivity contribution is 6.99. The number of rotatable bonds is 12. The summed E-state index contributed by atoms with van der Waals surface area (Å²) >= 11 is 0. The summed E-state index contributed by atoms with van der Waals surface area (Å²) in [6.07, 6.45) is 1.09. The Morgan fingerprint density at radius 3 is 1.82 bits per heavy atom. The molecule has 0 N–H and O–H groups in total. The molecule has 0 aliphatic heterocycles. The SMILES string of the molecule is CCOC(=O)/C=C(/O[Si](c1ccccc1)(c1ccccc1)C(C)(C)C)[C@H](C)[C@@H](OCOC)c1ccccc1. The number of methoxy groups -OCH3 is 1. The summed E-state index contributed by atoms with van der Waals surface area (Å²) in [6, 6.07) is 30.7. The van der Waals surface area contributed by atoms with Crippen molar-refractivity contribution in [2.45, 2.75) is 45.8 Å². The number of ether oxygens (including phenoxy) is 3. The number of carbonyl (C=O) groups is 1. The highest BCUT2D eigenvalue weighted by atomic mass is 28.4. The van der Waals surface area contributed by atoms with Crippen molar-refractivity contribution in [1.29, 1.82) is 0 Å². The molecule has 5 nitrogen and oxygen atoms in total. The van der Waals surface area contributed by atoms with Gasteiger partial charge >= 0.3 is 14.3 Å². The van der Waals surface area contributed by atoms with Gasteiger partial charge in [-0.2, -0.15) is 0 Å². The van der Waals surface area contributed by atoms with E-state index < -0.39 is 20.4 Å². The minimum atomic E-state index is -3.01. The summed E-state index contributed by atoms with van der Waals surface area (Å²) in [4.78, 5) is 12.9. The van der Waals surface area contributed by atoms with Crippen LogP contribution in [-0.4, -0.2) is 34.8 Å². The molecule has 0 aliphatic carbocycles. The van der Waals surface area contributed by atoms with E-state index in [2.05, 4.69) is 45.0 Å². The van der Waals surface area contributed by atoms with Crippen LogP contribution in [-0.2, 0) is 23.4 Å². The van der Waals surface area contributed by atoms with Crippen molar-refractivity contribution in [1.82, 2.24) is 0 Å². The number of esters is 1. The Morgan fingerprint density at radius 1 is 0.868 bits per heavy atom. The summed E-state index contributed by atoms with van der Waals surface area (Å²) < 4.78 is 24.1. The number of carbonyl (C=O) groups excluding carboxylic acids is 1. The largest absolute Gasteiger partial charge is 0.537 e. The predicted molar refractivity (Wildman–Crippen MR) is 155 cm³/mol. The third-order valence-electron chi connectivity index (χ3n) is 6.63. The van der Waals surface area contributed by atoms with Gasteiger partial charge in [-0.15, -0.1) is 0 Å². The zero-order valence-corrected chi connectivity index (χ0v) is 24.3. The van der Waals surface area contributed by atoms with Crippen molar-refractivity contribution in [2.24, 2.45) is 5.92 Å². The molecule has 0 amide bonds. The van der Waals surface area contributed by atoms with Crippen LogP contribution < -0.4 is 10.4 Å². The van der Waals surface area contributed by atoms with Crippen molar-refractivity contribution in [3.05, 3.63) is 108 Å². The Balaban J connectivity index is 2.23. The second kappa shape index (κ2) is 13.6. The zero-order chi connectivity index (χ0) is 27.6. The lowest BCUT2D eigenvalue weighted by molar-refractivity contribution is -0.137. The first-order valence-corrected chi connectivity index (χ1v) is 15.0. The molecule has 0 saturated carbocycles. The highest BCUT2D eigenvalue weighted by Crippen LogP contribution is 2.41. The van der Waals surface area contributed by atoms with Crippen molar-refractivity contribution < 1.29 is 23.4 Å². The molecular formula is C32H40O5Si. The fourth-order valence-corrected chi connectivity index (χ4v) is 9.37. The molecule has 0 saturated heterocycles. The fourth-order valence-electron chi connectivity index (χ4n) is 4.84. The monoisotopic (exact) mass is 532 g/mol. The van der Waals surface area contributed by atoms with Crippen molar-refractivity contribution in [3.63, 3.8) is 0 Å². The van der Waals surface area contributed by atoms with E-state index in [4.69, 9.17) is 18.6 Å². The van der Waals surface area contributed by atoms with Crippen LogP contribution in [0.25, 0.3) is 0 Å². The van der Waals surface area contributed by atoms with E-state index in [9.17, 15) is 4.79 Å². The molecule has 3 rings (SSSR count). The lowest BCUT2D eigenvalue weighted by Gasteiger charge is -2.44. The van der Waals surface area contributed by atoms with Gasteiger partial charge in [0, 0.05) is 13.0 Å². The smallest absolute Gasteiger partial charge is 0.334 e. The molecular weight excluding hydrogens is 492 g/mol. The molecule has 0 heterocycles. The van der Waals surface area contributed by atoms with Gasteiger partial charge in [-0.05, 0) is 27.9 Å². The predicted octanol–water partition coefficient (Wildman–Crippen LogP) is 6.01. The van der Waals surface area contributed by atoms with Crippen LogP contribution in [0, 0.1) is 5.92 Å². The number of hydrogen-bond acceptors (Lipinski definition) is 5. The standard InChI is InChI=1S/C32H40O5Si/c1-7-35-30(33)23-29(25(2)31(36-24-34-6)26-17-11-8-12-18-26)37-38(32(3,4)5,27-19-13-9-14-20-27)28-21-15-10-16-22-28/h8-23,25,31H,7,24H2,1-6H3/b29-23+/t25-,31+/m0/s1. The third-order valence-corrected chi connectivity index (χ3v) is 11.6. The lowest BCUT2D eigenvalue weighted by Crippen LogP contribution is -2.66. The van der Waals surface area contributed by atoms with Crippen LogP contribution in [0.4, 0.5) is 0 Å². The van der Waals surface area contributed by atoms with E-state index >= 15 is 0 Å². The molecule has 0 bridgehead atoms. The van der Waals surface area contributed by atoms with Crippen LogP contribution in [0.3, 0.4) is 0 Å². The van der Waals surface area contributed by atoms with E-state index in [0.717, 1.165) is 15.9 Å². The molecule has 0 aliphatic rings. The van der Waals surface area contributed by atoms with Crippen LogP contribution in [0.5, 0.6) is 0 Å². The first-order chi connectivity index (χ1) is 18.2. The van der Waals surface area contributed by atoms with Gasteiger partial charge < -0.3 is 18.6 Å². The molecule has 38 heavy (non-hydrogen) atoms. The van der Waals surface area contributed by atoms with Crippen molar-refractivity contribution in [2.75, 3.05) is 20.5 Å². The van der Waals surface area contributed by atoms with Gasteiger partial charge in [0.1, 0.15) is 6.79 Å². The zero-order valence-electron chi connectivity index (χ0n) is 23.3. The molecule has 6 heteroatoms. The van der Waals surface area contributed by atoms with E-state index in [-0.39, 0.29) is 24.4 Å². The van der Waals surface area contributed by atoms with Gasteiger partial charge in [-0.3, -0.25) is 0 Å². The first kappa shape index (κ1) is 29.4. The van der Waals surface area contributed by atoms with Gasteiger partial charge in [-0.25, -0.2) is 4.79 Å². The summed E-state index contributed by atoms with van der Waals surface area (Å²) in [5.74, 6) is -0.229. The number of benzene rings is 3. The summed E-state index contributed by atoms with van der Waals surface area (Å²) in [5.41, 5.74) is 0.970. The Labute approximate surface area is 228 Å². The molecule has 0 spiro atoms. The quantitative estimate of drug-likeness (QED) is 0.0940. The van der Waals surface area contributed by atoms with Crippen molar-refractivity contribution in [3.8, 4) is 0 Å². The van der Waals surface area contributed by atoms with Crippen LogP contribution in [0.1, 0.15) is 46.3 Å².